The van der Waals surface area contributed by atoms with Crippen LogP contribution in [0.5, 0.6) is 0 Å². The van der Waals surface area contributed by atoms with E-state index < -0.39 is 0 Å². The van der Waals surface area contributed by atoms with Crippen molar-refractivity contribution < 1.29 is 4.74 Å². The molecule has 0 saturated carbocycles. The average Bonchev–Trinajstić information content (AvgIpc) is 2.59. The summed E-state index contributed by atoms with van der Waals surface area (Å²) in [5.74, 6) is 0.762. The van der Waals surface area contributed by atoms with Crippen molar-refractivity contribution in [2.24, 2.45) is 4.99 Å². The second-order valence-electron chi connectivity index (χ2n) is 2.38. The average molecular weight is 163 g/mol. The number of rotatable bonds is 1. The molecule has 1 aliphatic heterocycles. The molecule has 0 aliphatic carbocycles. The number of nitrogens with zero attached hydrogens (tertiary/aromatic N) is 2. The highest BCUT2D eigenvalue weighted by Gasteiger charge is 2.06. The largest absolute Gasteiger partial charge is 0.463 e. The van der Waals surface area contributed by atoms with E-state index in [1.165, 1.54) is 0 Å². The molecule has 0 bridgehead atoms. The monoisotopic (exact) mass is 163 g/mol. The number of aliphatic imine (C=N–C) groups is 1. The number of amidine groups is 1. The first kappa shape index (κ1) is 7.09. The van der Waals surface area contributed by atoms with Gasteiger partial charge in [-0.2, -0.15) is 0 Å². The molecule has 2 rings (SSSR count). The fraction of sp³-hybridized carbons (Fsp3) is 0.250. The summed E-state index contributed by atoms with van der Waals surface area (Å²) in [6.45, 7) is 1.39. The minimum Gasteiger partial charge on any atom is -0.463 e. The minimum atomic E-state index is 0.564. The van der Waals surface area contributed by atoms with Gasteiger partial charge in [0.05, 0.1) is 6.54 Å². The maximum Gasteiger partial charge on any atom is 0.290 e. The summed E-state index contributed by atoms with van der Waals surface area (Å²) in [4.78, 5) is 8.14. The Bertz CT molecular complexity index is 284. The van der Waals surface area contributed by atoms with Crippen molar-refractivity contribution in [3.8, 4) is 0 Å². The number of aromatic nitrogens is 1. The summed E-state index contributed by atoms with van der Waals surface area (Å²) in [7, 11) is 0. The van der Waals surface area contributed by atoms with Crippen molar-refractivity contribution >= 4 is 11.8 Å². The van der Waals surface area contributed by atoms with Gasteiger partial charge in [-0.3, -0.25) is 5.32 Å². The molecular weight excluding hydrogens is 154 g/mol. The molecule has 0 saturated heterocycles. The summed E-state index contributed by atoms with van der Waals surface area (Å²) >= 11 is 0. The van der Waals surface area contributed by atoms with Gasteiger partial charge < -0.3 is 4.74 Å². The van der Waals surface area contributed by atoms with Crippen LogP contribution in [0.3, 0.4) is 0 Å². The smallest absolute Gasteiger partial charge is 0.290 e. The maximum absolute atomic E-state index is 5.16. The van der Waals surface area contributed by atoms with Gasteiger partial charge in [0.15, 0.2) is 0 Å². The molecule has 2 heterocycles. The van der Waals surface area contributed by atoms with Crippen molar-refractivity contribution in [2.45, 2.75) is 0 Å². The van der Waals surface area contributed by atoms with Crippen LogP contribution in [-0.4, -0.2) is 24.2 Å². The lowest BCUT2D eigenvalue weighted by atomic mass is 10.5. The van der Waals surface area contributed by atoms with Crippen molar-refractivity contribution in [3.63, 3.8) is 0 Å². The van der Waals surface area contributed by atoms with Crippen molar-refractivity contribution in [1.29, 1.82) is 0 Å². The highest BCUT2D eigenvalue weighted by molar-refractivity contribution is 5.88. The molecule has 1 aromatic heterocycles. The van der Waals surface area contributed by atoms with E-state index in [2.05, 4.69) is 15.3 Å². The Morgan fingerprint density at radius 2 is 2.42 bits per heavy atom. The van der Waals surface area contributed by atoms with Crippen LogP contribution in [0.1, 0.15) is 0 Å². The third-order valence-corrected chi connectivity index (χ3v) is 1.49. The van der Waals surface area contributed by atoms with Crippen LogP contribution in [0.25, 0.3) is 0 Å². The first-order chi connectivity index (χ1) is 5.95. The molecule has 1 aliphatic rings. The molecule has 1 aromatic rings. The number of ether oxygens (including phenoxy) is 1. The Balaban J connectivity index is 2.04. The number of pyridine rings is 1. The third kappa shape index (κ3) is 1.53. The van der Waals surface area contributed by atoms with Gasteiger partial charge in [0.2, 0.25) is 0 Å². The first-order valence-corrected chi connectivity index (χ1v) is 3.80. The van der Waals surface area contributed by atoms with E-state index >= 15 is 0 Å². The van der Waals surface area contributed by atoms with Gasteiger partial charge in [0.25, 0.3) is 6.02 Å². The zero-order valence-corrected chi connectivity index (χ0v) is 6.53. The highest BCUT2D eigenvalue weighted by Crippen LogP contribution is 2.02. The zero-order chi connectivity index (χ0) is 8.23. The topological polar surface area (TPSA) is 46.5 Å². The number of anilines is 1. The summed E-state index contributed by atoms with van der Waals surface area (Å²) in [6, 6.07) is 6.20. The molecule has 0 amide bonds. The van der Waals surface area contributed by atoms with Gasteiger partial charge in [0, 0.05) is 6.20 Å². The van der Waals surface area contributed by atoms with E-state index in [9.17, 15) is 0 Å². The van der Waals surface area contributed by atoms with Gasteiger partial charge in [-0.15, -0.1) is 0 Å². The van der Waals surface area contributed by atoms with Crippen LogP contribution >= 0.6 is 0 Å². The predicted octanol–water partition coefficient (Wildman–Crippen LogP) is 0.880. The van der Waals surface area contributed by atoms with E-state index in [1.54, 1.807) is 6.20 Å². The van der Waals surface area contributed by atoms with Crippen LogP contribution in [0.4, 0.5) is 5.82 Å². The van der Waals surface area contributed by atoms with Crippen molar-refractivity contribution in [3.05, 3.63) is 24.4 Å². The molecule has 0 fully saturated rings. The SMILES string of the molecule is c1ccc(NC2=NCCO2)nc1. The van der Waals surface area contributed by atoms with Crippen LogP contribution in [-0.2, 0) is 4.74 Å². The summed E-state index contributed by atoms with van der Waals surface area (Å²) in [5, 5.41) is 2.96. The molecule has 1 N–H and O–H groups in total. The van der Waals surface area contributed by atoms with E-state index in [-0.39, 0.29) is 0 Å². The fourth-order valence-corrected chi connectivity index (χ4v) is 0.957. The Hall–Kier alpha value is -1.58. The fourth-order valence-electron chi connectivity index (χ4n) is 0.957. The standard InChI is InChI=1S/C8H9N3O/c1-2-4-9-7(3-1)11-8-10-5-6-12-8/h1-4H,5-6H2,(H,9,10,11). The van der Waals surface area contributed by atoms with E-state index in [0.29, 0.717) is 12.6 Å². The Kier molecular flexibility index (Phi) is 1.90. The van der Waals surface area contributed by atoms with Gasteiger partial charge in [0.1, 0.15) is 12.4 Å². The summed E-state index contributed by atoms with van der Waals surface area (Å²) in [6.07, 6.45) is 1.72. The van der Waals surface area contributed by atoms with Crippen LogP contribution < -0.4 is 5.32 Å². The second-order valence-corrected chi connectivity index (χ2v) is 2.38. The predicted molar refractivity (Wildman–Crippen MR) is 46.1 cm³/mol. The number of nitrogens with one attached hydrogen (secondary N) is 1. The molecule has 0 aromatic carbocycles. The molecule has 4 nitrogen and oxygen atoms in total. The highest BCUT2D eigenvalue weighted by atomic mass is 16.5. The van der Waals surface area contributed by atoms with Gasteiger partial charge >= 0.3 is 0 Å². The quantitative estimate of drug-likeness (QED) is 0.668. The van der Waals surface area contributed by atoms with Gasteiger partial charge in [-0.05, 0) is 12.1 Å². The lowest BCUT2D eigenvalue weighted by Gasteiger charge is -2.02. The van der Waals surface area contributed by atoms with Crippen LogP contribution in [0, 0.1) is 0 Å². The van der Waals surface area contributed by atoms with E-state index in [1.807, 2.05) is 18.2 Å². The molecule has 62 valence electrons. The Labute approximate surface area is 70.3 Å². The maximum atomic E-state index is 5.16. The van der Waals surface area contributed by atoms with Gasteiger partial charge in [-0.1, -0.05) is 6.07 Å². The Morgan fingerprint density at radius 1 is 1.42 bits per heavy atom. The lowest BCUT2D eigenvalue weighted by Crippen LogP contribution is -2.12. The van der Waals surface area contributed by atoms with E-state index in [0.717, 1.165) is 12.4 Å². The molecule has 0 atom stereocenters. The molecule has 0 unspecified atom stereocenters. The van der Waals surface area contributed by atoms with Crippen molar-refractivity contribution in [1.82, 2.24) is 4.98 Å². The second kappa shape index (κ2) is 3.21. The minimum absolute atomic E-state index is 0.564. The molecule has 12 heavy (non-hydrogen) atoms. The normalized spacial score (nSPS) is 15.2. The summed E-state index contributed by atoms with van der Waals surface area (Å²) in [5.41, 5.74) is 0. The molecule has 4 heteroatoms. The number of hydrogen-bond acceptors (Lipinski definition) is 4. The zero-order valence-electron chi connectivity index (χ0n) is 6.53. The van der Waals surface area contributed by atoms with E-state index in [4.69, 9.17) is 4.74 Å². The summed E-state index contributed by atoms with van der Waals surface area (Å²) < 4.78 is 5.16. The molecule has 0 radical (unpaired) electrons. The van der Waals surface area contributed by atoms with Crippen molar-refractivity contribution in [2.75, 3.05) is 18.5 Å². The van der Waals surface area contributed by atoms with Crippen LogP contribution in [0.2, 0.25) is 0 Å². The Morgan fingerprint density at radius 3 is 3.08 bits per heavy atom. The molecule has 0 spiro atoms. The van der Waals surface area contributed by atoms with Gasteiger partial charge in [-0.25, -0.2) is 9.98 Å². The first-order valence-electron chi connectivity index (χ1n) is 3.80. The van der Waals surface area contributed by atoms with Crippen LogP contribution in [0.15, 0.2) is 29.4 Å². The molecular formula is C8H9N3O. The number of hydrogen-bond donors (Lipinski definition) is 1. The lowest BCUT2D eigenvalue weighted by molar-refractivity contribution is 0.346. The third-order valence-electron chi connectivity index (χ3n) is 1.49.